The number of amides is 1. The molecule has 1 atom stereocenters. The Bertz CT molecular complexity index is 1240. The average Bonchev–Trinajstić information content (AvgIpc) is 3.41. The Hall–Kier alpha value is -2.81. The molecular weight excluding hydrogens is 469 g/mol. The summed E-state index contributed by atoms with van der Waals surface area (Å²) in [5.41, 5.74) is 2.05. The van der Waals surface area contributed by atoms with Crippen LogP contribution in [0, 0.1) is 6.92 Å². The lowest BCUT2D eigenvalue weighted by Crippen LogP contribution is -2.23. The number of aryl methyl sites for hydroxylation is 1. The van der Waals surface area contributed by atoms with E-state index in [1.807, 2.05) is 47.9 Å². The first-order valence-electron chi connectivity index (χ1n) is 9.72. The number of anilines is 1. The normalized spacial score (nSPS) is 12.0. The van der Waals surface area contributed by atoms with Gasteiger partial charge in [0.15, 0.2) is 16.8 Å². The first-order chi connectivity index (χ1) is 15.4. The average molecular weight is 488 g/mol. The van der Waals surface area contributed by atoms with Gasteiger partial charge < -0.3 is 9.73 Å². The highest BCUT2D eigenvalue weighted by Gasteiger charge is 2.22. The summed E-state index contributed by atoms with van der Waals surface area (Å²) < 4.78 is 7.47. The highest BCUT2D eigenvalue weighted by molar-refractivity contribution is 8.00. The summed E-state index contributed by atoms with van der Waals surface area (Å²) in [5.74, 6) is 1.44. The molecule has 0 saturated heterocycles. The molecule has 4 rings (SSSR count). The van der Waals surface area contributed by atoms with Crippen LogP contribution in [0.3, 0.4) is 0 Å². The number of aromatic nitrogens is 4. The van der Waals surface area contributed by atoms with Crippen molar-refractivity contribution >= 4 is 46.7 Å². The summed E-state index contributed by atoms with van der Waals surface area (Å²) in [6.45, 7) is 4.24. The zero-order valence-electron chi connectivity index (χ0n) is 17.3. The Morgan fingerprint density at radius 3 is 2.78 bits per heavy atom. The quantitative estimate of drug-likeness (QED) is 0.335. The highest BCUT2D eigenvalue weighted by Crippen LogP contribution is 2.29. The maximum Gasteiger partial charge on any atom is 0.238 e. The van der Waals surface area contributed by atoms with Crippen molar-refractivity contribution in [1.82, 2.24) is 19.7 Å². The number of nitrogens with zero attached hydrogens (tertiary/aromatic N) is 4. The number of rotatable bonds is 7. The Kier molecular flexibility index (Phi) is 6.83. The number of hydrogen-bond acceptors (Lipinski definition) is 6. The maximum atomic E-state index is 12.8. The number of thioether (sulfide) groups is 1. The van der Waals surface area contributed by atoms with E-state index in [1.54, 1.807) is 13.2 Å². The third kappa shape index (κ3) is 5.15. The number of hydrogen-bond donors (Lipinski definition) is 1. The number of halogens is 2. The van der Waals surface area contributed by atoms with Gasteiger partial charge in [0.05, 0.1) is 28.1 Å². The second-order valence-electron chi connectivity index (χ2n) is 7.07. The van der Waals surface area contributed by atoms with E-state index >= 15 is 0 Å². The number of pyridine rings is 1. The van der Waals surface area contributed by atoms with Crippen LogP contribution in [0.25, 0.3) is 11.4 Å². The molecule has 10 heteroatoms. The number of carbonyl (C=O) groups is 1. The van der Waals surface area contributed by atoms with Gasteiger partial charge in [-0.25, -0.2) is 4.98 Å². The summed E-state index contributed by atoms with van der Waals surface area (Å²) >= 11 is 13.3. The van der Waals surface area contributed by atoms with Crippen molar-refractivity contribution in [3.8, 4) is 11.4 Å². The van der Waals surface area contributed by atoms with Crippen LogP contribution in [0.4, 0.5) is 5.82 Å². The van der Waals surface area contributed by atoms with E-state index in [0.717, 1.165) is 16.9 Å². The van der Waals surface area contributed by atoms with Crippen LogP contribution in [0.5, 0.6) is 0 Å². The first-order valence-corrected chi connectivity index (χ1v) is 11.4. The molecule has 32 heavy (non-hydrogen) atoms. The number of benzene rings is 1. The smallest absolute Gasteiger partial charge is 0.238 e. The van der Waals surface area contributed by atoms with Crippen LogP contribution in [-0.4, -0.2) is 30.9 Å². The van der Waals surface area contributed by atoms with Crippen molar-refractivity contribution in [2.45, 2.75) is 30.8 Å². The number of furan rings is 1. The Labute approximate surface area is 199 Å². The minimum Gasteiger partial charge on any atom is -0.467 e. The molecule has 0 bridgehead atoms. The zero-order chi connectivity index (χ0) is 22.7. The molecule has 164 valence electrons. The van der Waals surface area contributed by atoms with Crippen LogP contribution in [0.15, 0.2) is 64.5 Å². The lowest BCUT2D eigenvalue weighted by Gasteiger charge is -2.13. The van der Waals surface area contributed by atoms with Gasteiger partial charge in [0.1, 0.15) is 5.76 Å². The second kappa shape index (κ2) is 9.77. The summed E-state index contributed by atoms with van der Waals surface area (Å²) in [7, 11) is 0. The Balaban J connectivity index is 1.59. The van der Waals surface area contributed by atoms with Crippen LogP contribution in [-0.2, 0) is 11.3 Å². The standard InChI is InChI=1S/C22H19Cl2N5O2S/c1-13-5-3-6-15(9-13)20-27-28-22(29(20)12-17-7-4-8-31-17)32-14(2)21(30)26-19-18(24)10-16(23)11-25-19/h3-11,14H,12H2,1-2H3,(H,25,26,30)/t14-/m0/s1. The molecule has 0 spiro atoms. The lowest BCUT2D eigenvalue weighted by atomic mass is 10.1. The van der Waals surface area contributed by atoms with Gasteiger partial charge in [0.2, 0.25) is 5.91 Å². The monoisotopic (exact) mass is 487 g/mol. The van der Waals surface area contributed by atoms with E-state index in [0.29, 0.717) is 22.5 Å². The second-order valence-corrected chi connectivity index (χ2v) is 9.23. The molecule has 0 saturated carbocycles. The highest BCUT2D eigenvalue weighted by atomic mass is 35.5. The Morgan fingerprint density at radius 1 is 1.22 bits per heavy atom. The first kappa shape index (κ1) is 22.4. The van der Waals surface area contributed by atoms with Gasteiger partial charge in [-0.3, -0.25) is 9.36 Å². The van der Waals surface area contributed by atoms with Crippen LogP contribution in [0.2, 0.25) is 10.0 Å². The van der Waals surface area contributed by atoms with Crippen molar-refractivity contribution in [2.75, 3.05) is 5.32 Å². The Morgan fingerprint density at radius 2 is 2.06 bits per heavy atom. The summed E-state index contributed by atoms with van der Waals surface area (Å²) in [5, 5.41) is 12.3. The van der Waals surface area contributed by atoms with Gasteiger partial charge in [0.25, 0.3) is 0 Å². The molecule has 1 aromatic carbocycles. The molecule has 3 aromatic heterocycles. The molecule has 0 fully saturated rings. The minimum atomic E-state index is -0.492. The fraction of sp³-hybridized carbons (Fsp3) is 0.182. The van der Waals surface area contributed by atoms with E-state index in [9.17, 15) is 4.79 Å². The molecule has 1 amide bonds. The largest absolute Gasteiger partial charge is 0.467 e. The maximum absolute atomic E-state index is 12.8. The number of nitrogens with one attached hydrogen (secondary N) is 1. The summed E-state index contributed by atoms with van der Waals surface area (Å²) in [6, 6.07) is 13.3. The van der Waals surface area contributed by atoms with E-state index < -0.39 is 5.25 Å². The molecule has 7 nitrogen and oxygen atoms in total. The van der Waals surface area contributed by atoms with Crippen molar-refractivity contribution in [1.29, 1.82) is 0 Å². The molecular formula is C22H19Cl2N5O2S. The molecule has 0 aliphatic heterocycles. The van der Waals surface area contributed by atoms with Crippen molar-refractivity contribution in [3.63, 3.8) is 0 Å². The van der Waals surface area contributed by atoms with Crippen LogP contribution < -0.4 is 5.32 Å². The van der Waals surface area contributed by atoms with Crippen LogP contribution >= 0.6 is 35.0 Å². The lowest BCUT2D eigenvalue weighted by molar-refractivity contribution is -0.115. The number of carbonyl (C=O) groups excluding carboxylic acids is 1. The SMILES string of the molecule is Cc1cccc(-c2nnc(S[C@@H](C)C(=O)Nc3ncc(Cl)cc3Cl)n2Cc2ccco2)c1. The zero-order valence-corrected chi connectivity index (χ0v) is 19.6. The molecule has 4 aromatic rings. The topological polar surface area (TPSA) is 85.8 Å². The summed E-state index contributed by atoms with van der Waals surface area (Å²) in [4.78, 5) is 16.8. The predicted octanol–water partition coefficient (Wildman–Crippen LogP) is 5.72. The van der Waals surface area contributed by atoms with Gasteiger partial charge in [-0.15, -0.1) is 10.2 Å². The van der Waals surface area contributed by atoms with E-state index in [1.165, 1.54) is 24.0 Å². The van der Waals surface area contributed by atoms with E-state index in [4.69, 9.17) is 27.6 Å². The third-order valence-electron chi connectivity index (χ3n) is 4.59. The van der Waals surface area contributed by atoms with Crippen molar-refractivity contribution in [3.05, 3.63) is 76.3 Å². The molecule has 0 aliphatic carbocycles. The van der Waals surface area contributed by atoms with Gasteiger partial charge >= 0.3 is 0 Å². The van der Waals surface area contributed by atoms with E-state index in [2.05, 4.69) is 20.5 Å². The van der Waals surface area contributed by atoms with Crippen molar-refractivity contribution in [2.24, 2.45) is 0 Å². The minimum absolute atomic E-state index is 0.256. The summed E-state index contributed by atoms with van der Waals surface area (Å²) in [6.07, 6.45) is 3.05. The fourth-order valence-electron chi connectivity index (χ4n) is 3.01. The molecule has 0 unspecified atom stereocenters. The molecule has 0 radical (unpaired) electrons. The molecule has 1 N–H and O–H groups in total. The van der Waals surface area contributed by atoms with Crippen molar-refractivity contribution < 1.29 is 9.21 Å². The van der Waals surface area contributed by atoms with E-state index in [-0.39, 0.29) is 16.7 Å². The third-order valence-corrected chi connectivity index (χ3v) is 6.16. The van der Waals surface area contributed by atoms with Gasteiger partial charge in [-0.2, -0.15) is 0 Å². The van der Waals surface area contributed by atoms with Gasteiger partial charge in [-0.1, -0.05) is 58.7 Å². The van der Waals surface area contributed by atoms with Gasteiger partial charge in [-0.05, 0) is 38.1 Å². The van der Waals surface area contributed by atoms with Crippen LogP contribution in [0.1, 0.15) is 18.2 Å². The molecule has 3 heterocycles. The fourth-order valence-corrected chi connectivity index (χ4v) is 4.29. The van der Waals surface area contributed by atoms with Gasteiger partial charge in [0, 0.05) is 11.8 Å². The predicted molar refractivity (Wildman–Crippen MR) is 126 cm³/mol. The molecule has 0 aliphatic rings.